The third kappa shape index (κ3) is 3.90. The second-order valence-electron chi connectivity index (χ2n) is 9.01. The molecule has 1 saturated heterocycles. The Bertz CT molecular complexity index is 1450. The van der Waals surface area contributed by atoms with Crippen LogP contribution in [0.15, 0.2) is 91.3 Å². The number of nitrogens with one attached hydrogen (secondary N) is 1. The van der Waals surface area contributed by atoms with E-state index in [0.717, 1.165) is 27.7 Å². The highest BCUT2D eigenvalue weighted by atomic mass is 32.1. The molecule has 1 fully saturated rings. The average molecular weight is 496 g/mol. The molecule has 174 valence electrons. The molecule has 5 nitrogen and oxygen atoms in total. The van der Waals surface area contributed by atoms with Crippen LogP contribution in [-0.2, 0) is 0 Å². The van der Waals surface area contributed by atoms with Gasteiger partial charge in [0.25, 0.3) is 0 Å². The van der Waals surface area contributed by atoms with E-state index in [1.807, 2.05) is 24.4 Å². The van der Waals surface area contributed by atoms with Crippen LogP contribution in [0.2, 0.25) is 0 Å². The summed E-state index contributed by atoms with van der Waals surface area (Å²) in [7, 11) is 0. The molecular weight excluding hydrogens is 470 g/mol. The molecule has 0 saturated carbocycles. The lowest BCUT2D eigenvalue weighted by atomic mass is 9.99. The minimum atomic E-state index is -0.100. The van der Waals surface area contributed by atoms with Crippen LogP contribution in [-0.4, -0.2) is 19.6 Å². The Hall–Kier alpha value is -3.55. The van der Waals surface area contributed by atoms with Gasteiger partial charge < -0.3 is 10.2 Å². The number of aromatic nitrogens is 3. The van der Waals surface area contributed by atoms with E-state index in [2.05, 4.69) is 100 Å². The van der Waals surface area contributed by atoms with Gasteiger partial charge in [0.1, 0.15) is 6.04 Å². The van der Waals surface area contributed by atoms with E-state index in [0.29, 0.717) is 11.0 Å². The van der Waals surface area contributed by atoms with Crippen molar-refractivity contribution in [1.29, 1.82) is 0 Å². The number of nitrogens with zero attached hydrogens (tertiary/aromatic N) is 4. The molecule has 0 bridgehead atoms. The lowest BCUT2D eigenvalue weighted by Crippen LogP contribution is -2.30. The Balaban J connectivity index is 1.49. The Kier molecular flexibility index (Phi) is 5.59. The first kappa shape index (κ1) is 21.9. The fourth-order valence-electron chi connectivity index (χ4n) is 4.73. The van der Waals surface area contributed by atoms with Gasteiger partial charge in [-0.25, -0.2) is 4.98 Å². The van der Waals surface area contributed by atoms with Crippen LogP contribution in [0.1, 0.15) is 48.8 Å². The van der Waals surface area contributed by atoms with E-state index in [1.165, 1.54) is 10.3 Å². The topological polar surface area (TPSA) is 46.0 Å². The number of pyridine rings is 1. The smallest absolute Gasteiger partial charge is 0.194 e. The number of para-hydroxylation sites is 1. The number of thiazole rings is 1. The fraction of sp³-hybridized carbons (Fsp3) is 0.179. The van der Waals surface area contributed by atoms with Crippen LogP contribution in [0.3, 0.4) is 0 Å². The quantitative estimate of drug-likeness (QED) is 0.272. The lowest BCUT2D eigenvalue weighted by Gasteiger charge is -2.28. The van der Waals surface area contributed by atoms with E-state index in [4.69, 9.17) is 17.2 Å². The highest BCUT2D eigenvalue weighted by Crippen LogP contribution is 2.43. The summed E-state index contributed by atoms with van der Waals surface area (Å²) in [6, 6.07) is 27.1. The molecule has 7 heteroatoms. The molecule has 35 heavy (non-hydrogen) atoms. The van der Waals surface area contributed by atoms with E-state index in [1.54, 1.807) is 11.3 Å². The standard InChI is InChI=1S/C28H25N5S2/c1-18(2)19-12-14-20(15-13-19)33-26(25(31-27(33)34)22-9-5-6-16-29-22)23-10-7-17-32(23)28-30-21-8-3-4-11-24(21)35-28/h3-18,25-26H,1-2H3,(H,31,34)/t25-,26-/m0/s1. The van der Waals surface area contributed by atoms with E-state index in [9.17, 15) is 0 Å². The molecule has 1 N–H and O–H groups in total. The first-order chi connectivity index (χ1) is 17.1. The maximum atomic E-state index is 5.91. The van der Waals surface area contributed by atoms with Gasteiger partial charge in [0.15, 0.2) is 10.2 Å². The Morgan fingerprint density at radius 3 is 2.49 bits per heavy atom. The molecular formula is C28H25N5S2. The number of anilines is 1. The molecule has 1 aliphatic rings. The van der Waals surface area contributed by atoms with Crippen LogP contribution in [0.25, 0.3) is 15.3 Å². The van der Waals surface area contributed by atoms with Gasteiger partial charge >= 0.3 is 0 Å². The Labute approximate surface area is 214 Å². The Morgan fingerprint density at radius 2 is 1.74 bits per heavy atom. The predicted molar refractivity (Wildman–Crippen MR) is 147 cm³/mol. The average Bonchev–Trinajstić information content (AvgIpc) is 3.60. The van der Waals surface area contributed by atoms with Gasteiger partial charge in [0.05, 0.1) is 27.6 Å². The summed E-state index contributed by atoms with van der Waals surface area (Å²) in [6.45, 7) is 4.42. The summed E-state index contributed by atoms with van der Waals surface area (Å²) in [5.74, 6) is 0.473. The Morgan fingerprint density at radius 1 is 0.943 bits per heavy atom. The summed E-state index contributed by atoms with van der Waals surface area (Å²) in [5.41, 5.74) is 5.45. The number of rotatable bonds is 5. The fourth-order valence-corrected chi connectivity index (χ4v) is 6.04. The van der Waals surface area contributed by atoms with Gasteiger partial charge in [-0.3, -0.25) is 9.55 Å². The molecule has 1 aliphatic heterocycles. The third-order valence-corrected chi connectivity index (χ3v) is 7.86. The summed E-state index contributed by atoms with van der Waals surface area (Å²) >= 11 is 7.60. The highest BCUT2D eigenvalue weighted by Gasteiger charge is 2.42. The van der Waals surface area contributed by atoms with Gasteiger partial charge in [0.2, 0.25) is 0 Å². The van der Waals surface area contributed by atoms with Crippen molar-refractivity contribution in [1.82, 2.24) is 19.9 Å². The van der Waals surface area contributed by atoms with E-state index >= 15 is 0 Å². The zero-order valence-corrected chi connectivity index (χ0v) is 21.1. The van der Waals surface area contributed by atoms with Gasteiger partial charge in [-0.15, -0.1) is 0 Å². The number of hydrogen-bond donors (Lipinski definition) is 1. The zero-order valence-electron chi connectivity index (χ0n) is 19.5. The van der Waals surface area contributed by atoms with Crippen LogP contribution in [0, 0.1) is 0 Å². The first-order valence-electron chi connectivity index (χ1n) is 11.7. The summed E-state index contributed by atoms with van der Waals surface area (Å²) in [5, 5.41) is 5.20. The van der Waals surface area contributed by atoms with Gasteiger partial charge in [0, 0.05) is 18.1 Å². The maximum Gasteiger partial charge on any atom is 0.194 e. The van der Waals surface area contributed by atoms with Crippen molar-refractivity contribution in [2.24, 2.45) is 0 Å². The van der Waals surface area contributed by atoms with Gasteiger partial charge in [-0.1, -0.05) is 55.5 Å². The van der Waals surface area contributed by atoms with Crippen molar-refractivity contribution in [3.05, 3.63) is 108 Å². The molecule has 0 unspecified atom stereocenters. The van der Waals surface area contributed by atoms with Gasteiger partial charge in [-0.2, -0.15) is 0 Å². The largest absolute Gasteiger partial charge is 0.351 e. The van der Waals surface area contributed by atoms with Crippen molar-refractivity contribution in [2.45, 2.75) is 31.8 Å². The summed E-state index contributed by atoms with van der Waals surface area (Å²) in [6.07, 6.45) is 3.92. The van der Waals surface area contributed by atoms with Crippen molar-refractivity contribution in [3.63, 3.8) is 0 Å². The lowest BCUT2D eigenvalue weighted by molar-refractivity contribution is 0.549. The predicted octanol–water partition coefficient (Wildman–Crippen LogP) is 6.78. The van der Waals surface area contributed by atoms with Crippen LogP contribution < -0.4 is 10.2 Å². The number of hydrogen-bond acceptors (Lipinski definition) is 4. The molecule has 2 aromatic carbocycles. The van der Waals surface area contributed by atoms with Crippen molar-refractivity contribution in [3.8, 4) is 5.13 Å². The monoisotopic (exact) mass is 495 g/mol. The molecule has 4 heterocycles. The van der Waals surface area contributed by atoms with E-state index < -0.39 is 0 Å². The number of benzene rings is 2. The number of fused-ring (bicyclic) bond motifs is 1. The minimum Gasteiger partial charge on any atom is -0.351 e. The highest BCUT2D eigenvalue weighted by molar-refractivity contribution is 7.80. The second kappa shape index (κ2) is 8.91. The second-order valence-corrected chi connectivity index (χ2v) is 10.4. The summed E-state index contributed by atoms with van der Waals surface area (Å²) in [4.78, 5) is 11.8. The zero-order chi connectivity index (χ0) is 23.9. The maximum absolute atomic E-state index is 5.91. The van der Waals surface area contributed by atoms with Crippen LogP contribution in [0.4, 0.5) is 5.69 Å². The van der Waals surface area contributed by atoms with Crippen LogP contribution >= 0.6 is 23.6 Å². The van der Waals surface area contributed by atoms with Crippen LogP contribution in [0.5, 0.6) is 0 Å². The molecule has 0 aliphatic carbocycles. The van der Waals surface area contributed by atoms with Gasteiger partial charge in [-0.05, 0) is 72.2 Å². The molecule has 0 spiro atoms. The minimum absolute atomic E-state index is 0.0932. The van der Waals surface area contributed by atoms with Crippen molar-refractivity contribution >= 4 is 44.6 Å². The molecule has 2 atom stereocenters. The summed E-state index contributed by atoms with van der Waals surface area (Å²) < 4.78 is 3.36. The molecule has 0 amide bonds. The molecule has 3 aromatic heterocycles. The molecule has 5 aromatic rings. The van der Waals surface area contributed by atoms with Crippen molar-refractivity contribution in [2.75, 3.05) is 4.90 Å². The normalized spacial score (nSPS) is 17.9. The SMILES string of the molecule is CC(C)c1ccc(N2C(=S)N[C@@H](c3ccccn3)[C@@H]2c2cccn2-c2nc3ccccc3s2)cc1. The van der Waals surface area contributed by atoms with Crippen molar-refractivity contribution < 1.29 is 0 Å². The molecule has 0 radical (unpaired) electrons. The first-order valence-corrected chi connectivity index (χ1v) is 13.0. The third-order valence-electron chi connectivity index (χ3n) is 6.51. The number of thiocarbonyl (C=S) groups is 1. The van der Waals surface area contributed by atoms with E-state index in [-0.39, 0.29) is 12.1 Å². The molecule has 6 rings (SSSR count).